The van der Waals surface area contributed by atoms with Crippen molar-refractivity contribution in [3.05, 3.63) is 59.7 Å². The maximum absolute atomic E-state index is 13.0. The fourth-order valence-corrected chi connectivity index (χ4v) is 6.94. The number of ether oxygens (including phenoxy) is 1. The zero-order valence-electron chi connectivity index (χ0n) is 16.7. The zero-order valence-corrected chi connectivity index (χ0v) is 17.5. The van der Waals surface area contributed by atoms with Crippen molar-refractivity contribution in [1.29, 1.82) is 0 Å². The van der Waals surface area contributed by atoms with Crippen molar-refractivity contribution in [3.63, 3.8) is 0 Å². The summed E-state index contributed by atoms with van der Waals surface area (Å²) in [5.74, 6) is 0.0660. The lowest BCUT2D eigenvalue weighted by atomic mass is 9.89. The molecule has 1 N–H and O–H groups in total. The van der Waals surface area contributed by atoms with E-state index in [2.05, 4.69) is 24.3 Å². The van der Waals surface area contributed by atoms with Crippen molar-refractivity contribution in [3.8, 4) is 11.1 Å². The molecule has 6 nitrogen and oxygen atoms in total. The molecule has 2 aromatic rings. The summed E-state index contributed by atoms with van der Waals surface area (Å²) >= 11 is 0. The normalized spacial score (nSPS) is 23.9. The molecule has 7 heteroatoms. The minimum Gasteiger partial charge on any atom is -0.448 e. The number of likely N-dealkylation sites (tertiary alicyclic amines) is 1. The number of β-amino-alcohol motifs (C(OH)–C–C–N with tert-alkyl or cyclic N) is 1. The molecule has 0 aromatic heterocycles. The van der Waals surface area contributed by atoms with Gasteiger partial charge in [-0.25, -0.2) is 13.2 Å². The van der Waals surface area contributed by atoms with Gasteiger partial charge in [-0.3, -0.25) is 4.90 Å². The average Bonchev–Trinajstić information content (AvgIpc) is 3.24. The van der Waals surface area contributed by atoms with E-state index < -0.39 is 27.6 Å². The summed E-state index contributed by atoms with van der Waals surface area (Å²) < 4.78 is 29.5. The number of benzene rings is 2. The second-order valence-corrected chi connectivity index (χ2v) is 11.0. The van der Waals surface area contributed by atoms with Gasteiger partial charge in [-0.05, 0) is 41.5 Å². The van der Waals surface area contributed by atoms with Crippen LogP contribution >= 0.6 is 0 Å². The molecule has 2 aromatic carbocycles. The quantitative estimate of drug-likeness (QED) is 0.797. The first-order valence-electron chi connectivity index (χ1n) is 10.4. The number of hydrogen-bond donors (Lipinski definition) is 1. The summed E-state index contributed by atoms with van der Waals surface area (Å²) in [4.78, 5) is 14.6. The van der Waals surface area contributed by atoms with Crippen molar-refractivity contribution >= 4 is 15.9 Å². The Morgan fingerprint density at radius 3 is 2.20 bits per heavy atom. The van der Waals surface area contributed by atoms with E-state index in [1.54, 1.807) is 4.90 Å². The largest absolute Gasteiger partial charge is 0.448 e. The highest BCUT2D eigenvalue weighted by molar-refractivity contribution is 7.91. The summed E-state index contributed by atoms with van der Waals surface area (Å²) in [7, 11) is -3.07. The van der Waals surface area contributed by atoms with Crippen molar-refractivity contribution in [2.24, 2.45) is 0 Å². The lowest BCUT2D eigenvalue weighted by molar-refractivity contribution is 0.0627. The second kappa shape index (κ2) is 7.10. The number of aliphatic hydroxyl groups is 1. The predicted molar refractivity (Wildman–Crippen MR) is 113 cm³/mol. The van der Waals surface area contributed by atoms with Gasteiger partial charge in [0.15, 0.2) is 0 Å². The second-order valence-electron chi connectivity index (χ2n) is 8.65. The Kier molecular flexibility index (Phi) is 4.63. The van der Waals surface area contributed by atoms with Gasteiger partial charge in [-0.2, -0.15) is 0 Å². The zero-order chi connectivity index (χ0) is 20.9. The minimum absolute atomic E-state index is 0.0310. The van der Waals surface area contributed by atoms with Crippen LogP contribution in [0.2, 0.25) is 0 Å². The van der Waals surface area contributed by atoms with E-state index in [-0.39, 0.29) is 30.6 Å². The van der Waals surface area contributed by atoms with Crippen LogP contribution in [0.4, 0.5) is 4.79 Å². The lowest BCUT2D eigenvalue weighted by Gasteiger charge is -2.40. The molecule has 1 amide bonds. The van der Waals surface area contributed by atoms with Gasteiger partial charge in [0.25, 0.3) is 0 Å². The predicted octanol–water partition coefficient (Wildman–Crippen LogP) is 2.95. The highest BCUT2D eigenvalue weighted by atomic mass is 32.2. The minimum atomic E-state index is -3.07. The summed E-state index contributed by atoms with van der Waals surface area (Å²) in [6.07, 6.45) is 0.0129. The van der Waals surface area contributed by atoms with Crippen molar-refractivity contribution < 1.29 is 23.1 Å². The highest BCUT2D eigenvalue weighted by Gasteiger charge is 2.51. The Labute approximate surface area is 176 Å². The molecule has 1 atom stereocenters. The Balaban J connectivity index is 1.35. The molecule has 2 heterocycles. The van der Waals surface area contributed by atoms with Gasteiger partial charge in [-0.1, -0.05) is 48.5 Å². The molecular weight excluding hydrogens is 402 g/mol. The molecule has 158 valence electrons. The van der Waals surface area contributed by atoms with Crippen LogP contribution in [0.15, 0.2) is 48.5 Å². The van der Waals surface area contributed by atoms with Crippen LogP contribution in [-0.4, -0.2) is 60.8 Å². The Bertz CT molecular complexity index is 1040. The van der Waals surface area contributed by atoms with E-state index in [1.807, 2.05) is 24.3 Å². The van der Waals surface area contributed by atoms with Crippen LogP contribution in [0, 0.1) is 0 Å². The highest BCUT2D eigenvalue weighted by Crippen LogP contribution is 2.45. The van der Waals surface area contributed by atoms with Gasteiger partial charge in [0.05, 0.1) is 29.7 Å². The van der Waals surface area contributed by atoms with Gasteiger partial charge >= 0.3 is 6.09 Å². The molecule has 1 spiro atoms. The molecule has 3 aliphatic rings. The SMILES string of the molecule is O=C(OCC1c2ccccc2-c2ccccc21)N1CC(O)CC12CCS(=O)(=O)CC2. The summed E-state index contributed by atoms with van der Waals surface area (Å²) in [6.45, 7) is 0.407. The van der Waals surface area contributed by atoms with Crippen LogP contribution in [-0.2, 0) is 14.6 Å². The van der Waals surface area contributed by atoms with E-state index in [0.29, 0.717) is 19.3 Å². The van der Waals surface area contributed by atoms with Gasteiger partial charge in [0.1, 0.15) is 16.4 Å². The van der Waals surface area contributed by atoms with E-state index in [4.69, 9.17) is 4.74 Å². The van der Waals surface area contributed by atoms with E-state index in [9.17, 15) is 18.3 Å². The van der Waals surface area contributed by atoms with E-state index in [0.717, 1.165) is 11.1 Å². The molecule has 0 bridgehead atoms. The number of amides is 1. The Hall–Kier alpha value is -2.38. The summed E-state index contributed by atoms with van der Waals surface area (Å²) in [5, 5.41) is 10.2. The Morgan fingerprint density at radius 1 is 1.03 bits per heavy atom. The number of sulfone groups is 1. The van der Waals surface area contributed by atoms with Crippen LogP contribution in [0.25, 0.3) is 11.1 Å². The number of fused-ring (bicyclic) bond motifs is 3. The number of hydrogen-bond acceptors (Lipinski definition) is 5. The number of carbonyl (C=O) groups excluding carboxylic acids is 1. The van der Waals surface area contributed by atoms with Crippen molar-refractivity contribution in [2.75, 3.05) is 24.7 Å². The van der Waals surface area contributed by atoms with Gasteiger partial charge < -0.3 is 9.84 Å². The van der Waals surface area contributed by atoms with Gasteiger partial charge in [0.2, 0.25) is 0 Å². The third-order valence-corrected chi connectivity index (χ3v) is 8.55. The fourth-order valence-electron chi connectivity index (χ4n) is 5.35. The topological polar surface area (TPSA) is 83.9 Å². The van der Waals surface area contributed by atoms with Crippen LogP contribution in [0.5, 0.6) is 0 Å². The lowest BCUT2D eigenvalue weighted by Crippen LogP contribution is -2.52. The molecular formula is C23H25NO5S. The third-order valence-electron chi connectivity index (χ3n) is 6.89. The van der Waals surface area contributed by atoms with Crippen LogP contribution in [0.1, 0.15) is 36.3 Å². The fraction of sp³-hybridized carbons (Fsp3) is 0.435. The van der Waals surface area contributed by atoms with Gasteiger partial charge in [-0.15, -0.1) is 0 Å². The molecule has 5 rings (SSSR count). The third kappa shape index (κ3) is 3.20. The number of rotatable bonds is 2. The number of carbonyl (C=O) groups is 1. The monoisotopic (exact) mass is 427 g/mol. The van der Waals surface area contributed by atoms with Gasteiger partial charge in [0, 0.05) is 5.92 Å². The van der Waals surface area contributed by atoms with Crippen molar-refractivity contribution in [1.82, 2.24) is 4.90 Å². The average molecular weight is 428 g/mol. The first-order valence-corrected chi connectivity index (χ1v) is 12.2. The molecule has 1 aliphatic carbocycles. The molecule has 0 radical (unpaired) electrons. The van der Waals surface area contributed by atoms with Crippen LogP contribution < -0.4 is 0 Å². The molecule has 30 heavy (non-hydrogen) atoms. The standard InChI is InChI=1S/C23H25NO5S/c25-16-13-23(9-11-30(27,28)12-10-23)24(14-16)22(26)29-15-21-19-7-3-1-5-17(19)18-6-2-4-8-20(18)21/h1-8,16,21,25H,9-15H2. The first kappa shape index (κ1) is 19.6. The molecule has 0 saturated carbocycles. The smallest absolute Gasteiger partial charge is 0.410 e. The molecule has 1 unspecified atom stereocenters. The summed E-state index contributed by atoms with van der Waals surface area (Å²) in [6, 6.07) is 16.3. The maximum Gasteiger partial charge on any atom is 0.410 e. The van der Waals surface area contributed by atoms with Crippen molar-refractivity contribution in [2.45, 2.75) is 36.8 Å². The first-order chi connectivity index (χ1) is 14.4. The molecule has 2 fully saturated rings. The maximum atomic E-state index is 13.0. The van der Waals surface area contributed by atoms with Crippen LogP contribution in [0.3, 0.4) is 0 Å². The summed E-state index contributed by atoms with van der Waals surface area (Å²) in [5.41, 5.74) is 4.00. The molecule has 2 saturated heterocycles. The van der Waals surface area contributed by atoms with E-state index in [1.165, 1.54) is 11.1 Å². The Morgan fingerprint density at radius 2 is 1.60 bits per heavy atom. The van der Waals surface area contributed by atoms with E-state index >= 15 is 0 Å². The molecule has 2 aliphatic heterocycles. The number of nitrogens with zero attached hydrogens (tertiary/aromatic N) is 1. The number of aliphatic hydroxyl groups excluding tert-OH is 1.